The van der Waals surface area contributed by atoms with Gasteiger partial charge in [-0.3, -0.25) is 9.10 Å². The fourth-order valence-electron chi connectivity index (χ4n) is 4.08. The number of sulfonamides is 1. The third-order valence-electron chi connectivity index (χ3n) is 5.53. The molecule has 4 rings (SSSR count). The van der Waals surface area contributed by atoms with Crippen molar-refractivity contribution in [3.05, 3.63) is 88.2 Å². The maximum absolute atomic E-state index is 14.5. The molecule has 0 saturated heterocycles. The lowest BCUT2D eigenvalue weighted by Crippen LogP contribution is -2.29. The predicted octanol–water partition coefficient (Wildman–Crippen LogP) is 4.75. The molecular formula is C24H23FN2O3S. The van der Waals surface area contributed by atoms with E-state index in [0.29, 0.717) is 24.3 Å². The van der Waals surface area contributed by atoms with E-state index < -0.39 is 21.7 Å². The highest BCUT2D eigenvalue weighted by atomic mass is 32.2. The zero-order chi connectivity index (χ0) is 22.3. The second-order valence-electron chi connectivity index (χ2n) is 7.83. The van der Waals surface area contributed by atoms with Crippen molar-refractivity contribution in [3.63, 3.8) is 0 Å². The predicted molar refractivity (Wildman–Crippen MR) is 120 cm³/mol. The monoisotopic (exact) mass is 438 g/mol. The number of nitrogens with zero attached hydrogens (tertiary/aromatic N) is 1. The highest BCUT2D eigenvalue weighted by Crippen LogP contribution is 2.33. The zero-order valence-corrected chi connectivity index (χ0v) is 18.4. The first-order chi connectivity index (χ1) is 14.7. The van der Waals surface area contributed by atoms with Gasteiger partial charge in [0.2, 0.25) is 0 Å². The number of carbonyl (C=O) groups excluding carboxylic acids is 1. The summed E-state index contributed by atoms with van der Waals surface area (Å²) in [4.78, 5) is 12.7. The van der Waals surface area contributed by atoms with Crippen LogP contribution in [0.3, 0.4) is 0 Å². The number of para-hydroxylation sites is 1. The molecule has 0 aromatic heterocycles. The summed E-state index contributed by atoms with van der Waals surface area (Å²) in [5, 5.41) is 2.74. The van der Waals surface area contributed by atoms with Gasteiger partial charge in [0.1, 0.15) is 5.82 Å². The van der Waals surface area contributed by atoms with E-state index in [9.17, 15) is 17.6 Å². The van der Waals surface area contributed by atoms with Crippen LogP contribution in [0.2, 0.25) is 0 Å². The number of aryl methyl sites for hydroxylation is 3. The van der Waals surface area contributed by atoms with Crippen LogP contribution in [0, 0.1) is 26.6 Å². The van der Waals surface area contributed by atoms with Crippen LogP contribution < -0.4 is 9.62 Å². The van der Waals surface area contributed by atoms with Gasteiger partial charge in [-0.1, -0.05) is 35.9 Å². The summed E-state index contributed by atoms with van der Waals surface area (Å²) in [5.74, 6) is -1.47. The second kappa shape index (κ2) is 7.81. The summed E-state index contributed by atoms with van der Waals surface area (Å²) < 4.78 is 42.4. The van der Waals surface area contributed by atoms with Gasteiger partial charge in [0, 0.05) is 12.2 Å². The van der Waals surface area contributed by atoms with Crippen molar-refractivity contribution in [2.24, 2.45) is 0 Å². The van der Waals surface area contributed by atoms with Crippen LogP contribution in [0.5, 0.6) is 0 Å². The average Bonchev–Trinajstić information content (AvgIpc) is 3.15. The molecule has 0 saturated carbocycles. The summed E-state index contributed by atoms with van der Waals surface area (Å²) in [6, 6.07) is 14.5. The largest absolute Gasteiger partial charge is 0.321 e. The van der Waals surface area contributed by atoms with E-state index in [1.54, 1.807) is 12.1 Å². The molecule has 5 nitrogen and oxygen atoms in total. The van der Waals surface area contributed by atoms with Crippen LogP contribution >= 0.6 is 0 Å². The molecule has 0 radical (unpaired) electrons. The number of carbonyl (C=O) groups is 1. The molecule has 1 aliphatic rings. The number of fused-ring (bicyclic) bond motifs is 1. The van der Waals surface area contributed by atoms with Gasteiger partial charge in [0.15, 0.2) is 0 Å². The standard InChI is InChI=1S/C24H23FN2O3S/c1-15-12-16(2)23(17(3)13-15)26-24(28)20-14-19(8-9-21(20)25)31(29,30)27-11-10-18-6-4-5-7-22(18)27/h4-9,12-14H,10-11H2,1-3H3,(H,26,28). The van der Waals surface area contributed by atoms with Crippen molar-refractivity contribution in [1.82, 2.24) is 0 Å². The van der Waals surface area contributed by atoms with E-state index in [4.69, 9.17) is 0 Å². The maximum Gasteiger partial charge on any atom is 0.264 e. The number of rotatable bonds is 4. The molecular weight excluding hydrogens is 415 g/mol. The van der Waals surface area contributed by atoms with Gasteiger partial charge in [-0.05, 0) is 68.1 Å². The van der Waals surface area contributed by atoms with Crippen LogP contribution in [0.25, 0.3) is 0 Å². The van der Waals surface area contributed by atoms with E-state index in [0.717, 1.165) is 34.4 Å². The van der Waals surface area contributed by atoms with Gasteiger partial charge in [0.25, 0.3) is 15.9 Å². The summed E-state index contributed by atoms with van der Waals surface area (Å²) in [7, 11) is -3.93. The number of benzene rings is 3. The Hall–Kier alpha value is -3.19. The van der Waals surface area contributed by atoms with E-state index in [1.807, 2.05) is 45.0 Å². The number of nitrogens with one attached hydrogen (secondary N) is 1. The molecule has 3 aromatic carbocycles. The molecule has 0 aliphatic carbocycles. The highest BCUT2D eigenvalue weighted by Gasteiger charge is 2.31. The smallest absolute Gasteiger partial charge is 0.264 e. The third-order valence-corrected chi connectivity index (χ3v) is 7.34. The van der Waals surface area contributed by atoms with E-state index >= 15 is 0 Å². The Morgan fingerprint density at radius 3 is 2.39 bits per heavy atom. The Morgan fingerprint density at radius 2 is 1.68 bits per heavy atom. The quantitative estimate of drug-likeness (QED) is 0.639. The molecule has 0 atom stereocenters. The van der Waals surface area contributed by atoms with Gasteiger partial charge < -0.3 is 5.32 Å². The normalized spacial score (nSPS) is 13.2. The zero-order valence-electron chi connectivity index (χ0n) is 17.6. The SMILES string of the molecule is Cc1cc(C)c(NC(=O)c2cc(S(=O)(=O)N3CCc4ccccc43)ccc2F)c(C)c1. The molecule has 1 heterocycles. The van der Waals surface area contributed by atoms with Gasteiger partial charge in [-0.15, -0.1) is 0 Å². The lowest BCUT2D eigenvalue weighted by molar-refractivity contribution is 0.102. The van der Waals surface area contributed by atoms with Crippen molar-refractivity contribution < 1.29 is 17.6 Å². The molecule has 160 valence electrons. The Labute approximate surface area is 181 Å². The molecule has 1 amide bonds. The molecule has 31 heavy (non-hydrogen) atoms. The minimum atomic E-state index is -3.93. The van der Waals surface area contributed by atoms with E-state index in [-0.39, 0.29) is 10.5 Å². The fraction of sp³-hybridized carbons (Fsp3) is 0.208. The summed E-state index contributed by atoms with van der Waals surface area (Å²) >= 11 is 0. The van der Waals surface area contributed by atoms with Gasteiger partial charge in [-0.2, -0.15) is 0 Å². The average molecular weight is 439 g/mol. The number of hydrogen-bond donors (Lipinski definition) is 1. The first kappa shape index (κ1) is 21.1. The van der Waals surface area contributed by atoms with E-state index in [1.165, 1.54) is 10.4 Å². The highest BCUT2D eigenvalue weighted by molar-refractivity contribution is 7.92. The minimum Gasteiger partial charge on any atom is -0.321 e. The molecule has 1 aliphatic heterocycles. The van der Waals surface area contributed by atoms with Crippen molar-refractivity contribution in [2.45, 2.75) is 32.1 Å². The van der Waals surface area contributed by atoms with Crippen LogP contribution in [0.4, 0.5) is 15.8 Å². The van der Waals surface area contributed by atoms with Crippen LogP contribution in [0.15, 0.2) is 59.5 Å². The summed E-state index contributed by atoms with van der Waals surface area (Å²) in [5.41, 5.74) is 4.59. The third kappa shape index (κ3) is 3.81. The number of halogens is 1. The first-order valence-corrected chi connectivity index (χ1v) is 11.4. The molecule has 0 bridgehead atoms. The van der Waals surface area contributed by atoms with Crippen molar-refractivity contribution in [1.29, 1.82) is 0 Å². The van der Waals surface area contributed by atoms with Gasteiger partial charge in [0.05, 0.1) is 16.1 Å². The lowest BCUT2D eigenvalue weighted by Gasteiger charge is -2.20. The number of hydrogen-bond acceptors (Lipinski definition) is 3. The molecule has 3 aromatic rings. The minimum absolute atomic E-state index is 0.117. The maximum atomic E-state index is 14.5. The number of amides is 1. The van der Waals surface area contributed by atoms with Crippen molar-refractivity contribution in [3.8, 4) is 0 Å². The lowest BCUT2D eigenvalue weighted by atomic mass is 10.0. The first-order valence-electron chi connectivity index (χ1n) is 9.98. The Kier molecular flexibility index (Phi) is 5.31. The van der Waals surface area contributed by atoms with Gasteiger partial charge in [-0.25, -0.2) is 12.8 Å². The Morgan fingerprint density at radius 1 is 1.00 bits per heavy atom. The molecule has 0 spiro atoms. The second-order valence-corrected chi connectivity index (χ2v) is 9.69. The fourth-order valence-corrected chi connectivity index (χ4v) is 5.61. The Bertz CT molecular complexity index is 1280. The topological polar surface area (TPSA) is 66.5 Å². The van der Waals surface area contributed by atoms with Crippen LogP contribution in [0.1, 0.15) is 32.6 Å². The molecule has 1 N–H and O–H groups in total. The summed E-state index contributed by atoms with van der Waals surface area (Å²) in [6.45, 7) is 5.98. The molecule has 0 unspecified atom stereocenters. The van der Waals surface area contributed by atoms with Crippen molar-refractivity contribution in [2.75, 3.05) is 16.2 Å². The summed E-state index contributed by atoms with van der Waals surface area (Å²) in [6.07, 6.45) is 0.607. The molecule has 7 heteroatoms. The molecule has 0 fully saturated rings. The van der Waals surface area contributed by atoms with Gasteiger partial charge >= 0.3 is 0 Å². The van der Waals surface area contributed by atoms with Crippen molar-refractivity contribution >= 4 is 27.3 Å². The van der Waals surface area contributed by atoms with E-state index in [2.05, 4.69) is 5.32 Å². The Balaban J connectivity index is 1.69. The van der Waals surface area contributed by atoms with Crippen LogP contribution in [-0.2, 0) is 16.4 Å². The van der Waals surface area contributed by atoms with Crippen LogP contribution in [-0.4, -0.2) is 20.9 Å². The number of anilines is 2.